The van der Waals surface area contributed by atoms with Gasteiger partial charge < -0.3 is 20.9 Å². The van der Waals surface area contributed by atoms with Crippen molar-refractivity contribution in [2.45, 2.75) is 75.9 Å². The minimum Gasteiger partial charge on any atom is -0.378 e. The van der Waals surface area contributed by atoms with Gasteiger partial charge in [0.25, 0.3) is 0 Å². The Morgan fingerprint density at radius 2 is 1.50 bits per heavy atom. The average Bonchev–Trinajstić information content (AvgIpc) is 3.24. The Morgan fingerprint density at radius 1 is 0.917 bits per heavy atom. The van der Waals surface area contributed by atoms with E-state index in [9.17, 15) is 13.6 Å². The lowest BCUT2D eigenvalue weighted by atomic mass is 9.71. The van der Waals surface area contributed by atoms with Crippen molar-refractivity contribution >= 4 is 23.0 Å². The minimum absolute atomic E-state index is 0.0257. The summed E-state index contributed by atoms with van der Waals surface area (Å²) < 4.78 is 28.6. The molecule has 1 heterocycles. The number of nitrogens with one attached hydrogen (secondary N) is 3. The van der Waals surface area contributed by atoms with Gasteiger partial charge in [-0.05, 0) is 43.7 Å². The van der Waals surface area contributed by atoms with Crippen LogP contribution in [0, 0.1) is 23.5 Å². The highest BCUT2D eigenvalue weighted by molar-refractivity contribution is 5.87. The van der Waals surface area contributed by atoms with Crippen LogP contribution < -0.4 is 20.9 Å². The van der Waals surface area contributed by atoms with E-state index in [1.54, 1.807) is 0 Å². The molecule has 0 spiro atoms. The molecule has 1 aliphatic heterocycles. The number of fused-ring (bicyclic) bond motifs is 1. The van der Waals surface area contributed by atoms with E-state index in [1.165, 1.54) is 25.0 Å². The van der Waals surface area contributed by atoms with Crippen molar-refractivity contribution in [2.75, 3.05) is 29.6 Å². The second-order valence-electron chi connectivity index (χ2n) is 11.0. The Hall–Kier alpha value is -2.83. The highest BCUT2D eigenvalue weighted by atomic mass is 19.2. The fourth-order valence-corrected chi connectivity index (χ4v) is 6.49. The van der Waals surface area contributed by atoms with Crippen LogP contribution in [0.4, 0.5) is 25.8 Å². The summed E-state index contributed by atoms with van der Waals surface area (Å²) in [6.07, 6.45) is 10.8. The zero-order valence-electron chi connectivity index (χ0n) is 21.4. The van der Waals surface area contributed by atoms with Crippen LogP contribution in [0.5, 0.6) is 0 Å². The molecule has 0 aromatic heterocycles. The molecule has 7 heteroatoms. The molecule has 2 aliphatic carbocycles. The molecule has 5 rings (SSSR count). The topological polar surface area (TPSA) is 56.4 Å². The van der Waals surface area contributed by atoms with Gasteiger partial charge in [0.1, 0.15) is 5.66 Å². The van der Waals surface area contributed by atoms with Gasteiger partial charge in [0.05, 0.1) is 17.3 Å². The van der Waals surface area contributed by atoms with Crippen LogP contribution in [0.2, 0.25) is 0 Å². The van der Waals surface area contributed by atoms with Crippen LogP contribution in [0.25, 0.3) is 0 Å². The molecule has 2 fully saturated rings. The summed E-state index contributed by atoms with van der Waals surface area (Å²) in [5.41, 5.74) is 1.83. The van der Waals surface area contributed by atoms with Crippen molar-refractivity contribution < 1.29 is 13.6 Å². The molecule has 3 N–H and O–H groups in total. The van der Waals surface area contributed by atoms with Gasteiger partial charge in [0.15, 0.2) is 11.6 Å². The molecule has 194 valence electrons. The zero-order chi connectivity index (χ0) is 25.3. The molecule has 0 radical (unpaired) electrons. The molecular weight excluding hydrogens is 458 g/mol. The number of anilines is 3. The molecule has 0 bridgehead atoms. The smallest absolute Gasteiger partial charge is 0.228 e. The number of carbonyl (C=O) groups is 1. The number of nitrogens with zero attached hydrogens (tertiary/aromatic N) is 1. The van der Waals surface area contributed by atoms with E-state index in [0.717, 1.165) is 62.6 Å². The van der Waals surface area contributed by atoms with E-state index in [1.807, 2.05) is 37.2 Å². The van der Waals surface area contributed by atoms with Crippen molar-refractivity contribution in [1.29, 1.82) is 0 Å². The van der Waals surface area contributed by atoms with Gasteiger partial charge in [0, 0.05) is 43.5 Å². The van der Waals surface area contributed by atoms with Gasteiger partial charge >= 0.3 is 0 Å². The molecule has 1 unspecified atom stereocenters. The van der Waals surface area contributed by atoms with Crippen molar-refractivity contribution in [2.24, 2.45) is 11.8 Å². The van der Waals surface area contributed by atoms with Crippen LogP contribution in [-0.4, -0.2) is 26.0 Å². The van der Waals surface area contributed by atoms with E-state index in [0.29, 0.717) is 11.4 Å². The Labute approximate surface area is 213 Å². The number of hydrogen-bond donors (Lipinski definition) is 3. The van der Waals surface area contributed by atoms with Crippen molar-refractivity contribution in [3.05, 3.63) is 53.6 Å². The van der Waals surface area contributed by atoms with Crippen LogP contribution in [0.15, 0.2) is 36.4 Å². The fourth-order valence-electron chi connectivity index (χ4n) is 6.49. The first kappa shape index (κ1) is 24.8. The molecule has 36 heavy (non-hydrogen) atoms. The van der Waals surface area contributed by atoms with E-state index in [4.69, 9.17) is 0 Å². The molecule has 2 aromatic carbocycles. The number of amides is 1. The van der Waals surface area contributed by atoms with Gasteiger partial charge in [-0.3, -0.25) is 4.79 Å². The third-order valence-corrected chi connectivity index (χ3v) is 8.36. The summed E-state index contributed by atoms with van der Waals surface area (Å²) in [6, 6.07) is 10.7. The van der Waals surface area contributed by atoms with Gasteiger partial charge in [-0.2, -0.15) is 0 Å². The minimum atomic E-state index is -1.02. The monoisotopic (exact) mass is 496 g/mol. The van der Waals surface area contributed by atoms with Crippen LogP contribution in [0.1, 0.15) is 69.8 Å². The van der Waals surface area contributed by atoms with E-state index >= 15 is 0 Å². The lowest BCUT2D eigenvalue weighted by Gasteiger charge is -2.44. The zero-order valence-corrected chi connectivity index (χ0v) is 21.4. The predicted octanol–water partition coefficient (Wildman–Crippen LogP) is 6.37. The second-order valence-corrected chi connectivity index (χ2v) is 11.0. The summed E-state index contributed by atoms with van der Waals surface area (Å²) in [5, 5.41) is 10.4. The number of rotatable bonds is 6. The Balaban J connectivity index is 1.61. The second kappa shape index (κ2) is 10.3. The summed E-state index contributed by atoms with van der Waals surface area (Å²) in [5.74, 6) is -2.08. The highest BCUT2D eigenvalue weighted by Gasteiger charge is 2.52. The first-order valence-corrected chi connectivity index (χ1v) is 13.5. The number of benzene rings is 2. The Bertz CT molecular complexity index is 1060. The van der Waals surface area contributed by atoms with Crippen molar-refractivity contribution in [1.82, 2.24) is 5.32 Å². The molecule has 2 aromatic rings. The molecule has 0 saturated heterocycles. The summed E-state index contributed by atoms with van der Waals surface area (Å²) in [4.78, 5) is 16.3. The van der Waals surface area contributed by atoms with Crippen LogP contribution >= 0.6 is 0 Å². The quantitative estimate of drug-likeness (QED) is 0.435. The first-order valence-electron chi connectivity index (χ1n) is 13.5. The third-order valence-electron chi connectivity index (χ3n) is 8.36. The van der Waals surface area contributed by atoms with Crippen molar-refractivity contribution in [3.63, 3.8) is 0 Å². The standard InChI is InChI=1S/C29H38F2N4O/c1-35(2)22-15-9-12-20(16-22)29(33-25-17-23(30)24(31)18-26(25)34-29)27(19-10-5-3-6-11-19)28(36)32-21-13-7-4-8-14-21/h9,12,15-19,21,27,33-34H,3-8,10-11,13-14H2,1-2H3,(H,32,36). The predicted molar refractivity (Wildman–Crippen MR) is 141 cm³/mol. The number of halogens is 2. The summed E-state index contributed by atoms with van der Waals surface area (Å²) >= 11 is 0. The van der Waals surface area contributed by atoms with Crippen LogP contribution in [0.3, 0.4) is 0 Å². The maximum absolute atomic E-state index is 14.3. The Morgan fingerprint density at radius 3 is 2.08 bits per heavy atom. The van der Waals surface area contributed by atoms with Crippen LogP contribution in [-0.2, 0) is 10.5 Å². The molecular formula is C29H38F2N4O. The van der Waals surface area contributed by atoms with E-state index in [2.05, 4.69) is 22.0 Å². The van der Waals surface area contributed by atoms with Gasteiger partial charge in [-0.1, -0.05) is 50.7 Å². The summed E-state index contributed by atoms with van der Waals surface area (Å²) in [7, 11) is 3.96. The Kier molecular flexibility index (Phi) is 7.09. The molecule has 2 saturated carbocycles. The average molecular weight is 497 g/mol. The lowest BCUT2D eigenvalue weighted by molar-refractivity contribution is -0.130. The number of carbonyl (C=O) groups excluding carboxylic acids is 1. The normalized spacial score (nSPS) is 20.7. The largest absolute Gasteiger partial charge is 0.378 e. The molecule has 1 amide bonds. The molecule has 1 atom stereocenters. The third kappa shape index (κ3) is 4.76. The van der Waals surface area contributed by atoms with Crippen molar-refractivity contribution in [3.8, 4) is 0 Å². The lowest BCUT2D eigenvalue weighted by Crippen LogP contribution is -2.56. The maximum atomic E-state index is 14.3. The maximum Gasteiger partial charge on any atom is 0.228 e. The van der Waals surface area contributed by atoms with Gasteiger partial charge in [0.2, 0.25) is 5.91 Å². The van der Waals surface area contributed by atoms with Gasteiger partial charge in [-0.25, -0.2) is 8.78 Å². The summed E-state index contributed by atoms with van der Waals surface area (Å²) in [6.45, 7) is 0. The fraction of sp³-hybridized carbons (Fsp3) is 0.552. The van der Waals surface area contributed by atoms with Gasteiger partial charge in [-0.15, -0.1) is 0 Å². The van der Waals surface area contributed by atoms with E-state index < -0.39 is 23.2 Å². The molecule has 3 aliphatic rings. The highest BCUT2D eigenvalue weighted by Crippen LogP contribution is 2.49. The SMILES string of the molecule is CN(C)c1cccc(C2(C(C(=O)NC3CCCCC3)C3CCCCC3)Nc3cc(F)c(F)cc3N2)c1. The number of hydrogen-bond acceptors (Lipinski definition) is 4. The van der Waals surface area contributed by atoms with E-state index in [-0.39, 0.29) is 17.9 Å². The molecule has 5 nitrogen and oxygen atoms in total. The first-order chi connectivity index (χ1) is 17.4.